The van der Waals surface area contributed by atoms with Crippen LogP contribution in [0.3, 0.4) is 0 Å². The molecule has 13 atom stereocenters. The van der Waals surface area contributed by atoms with Gasteiger partial charge >= 0.3 is 0 Å². The third kappa shape index (κ3) is 23.8. The van der Waals surface area contributed by atoms with Crippen LogP contribution in [0, 0.1) is 17.8 Å². The first-order chi connectivity index (χ1) is 70.0. The number of alkyl halides is 6. The highest BCUT2D eigenvalue weighted by atomic mass is 19.3. The molecule has 4 N–H and O–H groups in total. The summed E-state index contributed by atoms with van der Waals surface area (Å²) in [5, 5.41) is 13.3. The van der Waals surface area contributed by atoms with Crippen molar-refractivity contribution >= 4 is 0 Å². The second kappa shape index (κ2) is 52.6. The Morgan fingerprint density at radius 3 is 0.993 bits per heavy atom. The number of nitrogens with zero attached hydrogens (tertiary/aromatic N) is 4. The highest BCUT2D eigenvalue weighted by Crippen LogP contribution is 2.60. The molecule has 10 nitrogen and oxygen atoms in total. The summed E-state index contributed by atoms with van der Waals surface area (Å²) in [5.74, 6) is -5.66. The lowest BCUT2D eigenvalue weighted by molar-refractivity contribution is -0.251. The number of ether oxygens (including phenoxy) is 2. The Kier molecular flexibility index (Phi) is 41.1. The van der Waals surface area contributed by atoms with Crippen molar-refractivity contribution in [2.75, 3.05) is 92.8 Å². The minimum absolute atomic E-state index is 0.0190. The van der Waals surface area contributed by atoms with Crippen molar-refractivity contribution in [2.45, 2.75) is 398 Å². The van der Waals surface area contributed by atoms with Crippen molar-refractivity contribution in [3.63, 3.8) is 0 Å². The fourth-order valence-corrected chi connectivity index (χ4v) is 30.0. The van der Waals surface area contributed by atoms with Crippen LogP contribution >= 0.6 is 0 Å². The Morgan fingerprint density at radius 2 is 0.590 bits per heavy atom. The predicted molar refractivity (Wildman–Crippen MR) is 586 cm³/mol. The summed E-state index contributed by atoms with van der Waals surface area (Å²) in [4.78, 5) is 10.4. The zero-order chi connectivity index (χ0) is 102. The van der Waals surface area contributed by atoms with Gasteiger partial charge in [0.15, 0.2) is 0 Å². The van der Waals surface area contributed by atoms with Crippen molar-refractivity contribution in [2.24, 2.45) is 17.8 Å². The standard InChI is InChI=1S/C19H27NO.C18H27N.C17H23F2N.C17H27N.C15H21NO.C15H23N.C14H19F2N.C13H17F2N/c1-3-9-17(10-4-1)19(20-14-7-2-8-15-20)12-6-5-11-18(19)13-16-21-18;1-16-10-6-7-13-18(16,17-11-4-2-5-12-17)19-14-8-3-9-15-19;18-17(19)12-6-5-11-16(17,15-9-3-1-4-10-15)20-13-7-2-8-14-20;1-4-18(5-2)17(14-10-9-11-15(17)3)16-12-7-6-8-13-16;1-16-15(13-7-3-2-4-8-13)10-6-5-9-14(15)11-12-17-14;1-3-16-15(12-8-7-9-13(15)2)14-10-5-4-6-11-14;1-2-17-13(12-8-4-3-5-9-12)10-6-7-11-14(13,15)16;1-16-12(11-7-3-2-4-8-11)9-5-6-10-13(12,14)15/h1,3-4,9-10H,2,5-8,11-16H2;2,4-5,11-12,16H,3,6-10,13-15H2,1H3;1,3-4,9-10H,2,5-8,11-14H2;6-8,12-13,15H,4-5,9-11,14H2,1-3H3;2-4,7-8,16H,5-6,9-12H2,1H3;4-6,10-11,13,16H,3,7-9,12H2,1-2H3;3-5,8-9,17H,2,6-7,10-11H2,1H3;2-4,7-8,16H,5-6,9-10H2,1H3/t18?,19-;16?,18-;16-;15?,17-;14?,15-;13?,15-;13-;12-/m10101011/s1. The van der Waals surface area contributed by atoms with Crippen LogP contribution in [0.2, 0.25) is 0 Å². The summed E-state index contributed by atoms with van der Waals surface area (Å²) < 4.78 is 99.3. The molecule has 8 aliphatic carbocycles. The quantitative estimate of drug-likeness (QED) is 0.0554. The van der Waals surface area contributed by atoms with Crippen LogP contribution in [0.15, 0.2) is 243 Å². The van der Waals surface area contributed by atoms with E-state index in [4.69, 9.17) is 9.47 Å². The SMILES string of the molecule is CC1CCCC[C@]1(c1ccccc1)N1CCCCC1.CCN(CC)[C@@]1(c2ccccc2)CCCCC1C.CCN[C@@]1(c2ccccc2)CCCCC1(F)F.CCN[C@@]1(c2ccccc2)CCCCC1C.CN[C@@]1(c2ccccc2)CCCCC1(F)F.CN[C@@]1(c2ccccc2)CCCCC12CCO2.FC1(F)CCCC[C@]1(c1ccccc1)N1CCCCC1.c1ccc([C@]2(N3CCCCC3)CCCCC23CCO3)cc1. The molecule has 0 radical (unpaired) electrons. The van der Waals surface area contributed by atoms with Crippen LogP contribution in [-0.2, 0) is 53.8 Å². The number of hydrogen-bond donors (Lipinski definition) is 4. The lowest BCUT2D eigenvalue weighted by Crippen LogP contribution is -2.69. The molecule has 0 aromatic heterocycles. The van der Waals surface area contributed by atoms with Gasteiger partial charge in [-0.1, -0.05) is 394 Å². The van der Waals surface area contributed by atoms with E-state index in [1.54, 1.807) is 24.7 Å². The maximum Gasteiger partial charge on any atom is 0.270 e. The summed E-state index contributed by atoms with van der Waals surface area (Å²) in [6, 6.07) is 83.3. The lowest BCUT2D eigenvalue weighted by atomic mass is 9.61. The lowest BCUT2D eigenvalue weighted by Gasteiger charge is -2.63. The molecule has 8 aromatic carbocycles. The zero-order valence-corrected chi connectivity index (χ0v) is 90.1. The van der Waals surface area contributed by atoms with Crippen molar-refractivity contribution in [1.82, 2.24) is 40.9 Å². The molecule has 5 heterocycles. The van der Waals surface area contributed by atoms with Gasteiger partial charge in [-0.2, -0.15) is 0 Å². The fraction of sp³-hybridized carbons (Fsp3) is 0.625. The molecule has 13 fully saturated rings. The Bertz CT molecular complexity index is 4900. The van der Waals surface area contributed by atoms with Crippen LogP contribution in [0.5, 0.6) is 0 Å². The molecule has 790 valence electrons. The van der Waals surface area contributed by atoms with E-state index in [1.165, 1.54) is 235 Å². The monoisotopic (exact) mass is 1980 g/mol. The third-order valence-electron chi connectivity index (χ3n) is 37.6. The molecule has 8 aromatic rings. The molecular weight excluding hydrogens is 1800 g/mol. The average molecular weight is 1980 g/mol. The highest BCUT2D eigenvalue weighted by molar-refractivity contribution is 5.38. The van der Waals surface area contributed by atoms with Crippen molar-refractivity contribution in [3.05, 3.63) is 287 Å². The number of hydrogen-bond acceptors (Lipinski definition) is 10. The minimum atomic E-state index is -2.67. The minimum Gasteiger partial charge on any atom is -0.373 e. The largest absolute Gasteiger partial charge is 0.373 e. The molecule has 0 amide bonds. The maximum atomic E-state index is 15.0. The van der Waals surface area contributed by atoms with E-state index in [9.17, 15) is 26.3 Å². The van der Waals surface area contributed by atoms with Gasteiger partial charge < -0.3 is 30.7 Å². The number of halogens is 6. The van der Waals surface area contributed by atoms with Gasteiger partial charge in [0, 0.05) is 48.7 Å². The molecule has 5 saturated heterocycles. The maximum absolute atomic E-state index is 15.0. The Labute approximate surface area is 866 Å². The Balaban J connectivity index is 0.000000131. The summed E-state index contributed by atoms with van der Waals surface area (Å²) in [7, 11) is 3.72. The summed E-state index contributed by atoms with van der Waals surface area (Å²) in [6.07, 6.45) is 46.7. The van der Waals surface area contributed by atoms with E-state index in [0.29, 0.717) is 61.7 Å². The van der Waals surface area contributed by atoms with E-state index < -0.39 is 34.4 Å². The first-order valence-electron chi connectivity index (χ1n) is 57.7. The van der Waals surface area contributed by atoms with E-state index >= 15 is 0 Å². The van der Waals surface area contributed by atoms with Gasteiger partial charge in [0.25, 0.3) is 17.8 Å². The smallest absolute Gasteiger partial charge is 0.270 e. The first kappa shape index (κ1) is 113. The Hall–Kier alpha value is -7.06. The van der Waals surface area contributed by atoms with Crippen LogP contribution in [0.4, 0.5) is 26.3 Å². The van der Waals surface area contributed by atoms with Crippen molar-refractivity contribution in [1.29, 1.82) is 0 Å². The molecule has 13 aliphatic rings. The molecule has 16 heteroatoms. The second-order valence-electron chi connectivity index (χ2n) is 44.8. The summed E-state index contributed by atoms with van der Waals surface area (Å²) in [6.45, 7) is 28.6. The highest BCUT2D eigenvalue weighted by Gasteiger charge is 2.64. The molecule has 5 aliphatic heterocycles. The zero-order valence-electron chi connectivity index (χ0n) is 90.1. The van der Waals surface area contributed by atoms with Crippen molar-refractivity contribution < 1.29 is 35.8 Å². The van der Waals surface area contributed by atoms with Crippen LogP contribution in [-0.4, -0.2) is 141 Å². The van der Waals surface area contributed by atoms with E-state index in [-0.39, 0.29) is 52.6 Å². The molecule has 21 rings (SSSR count). The number of nitrogens with one attached hydrogen (secondary N) is 4. The summed E-state index contributed by atoms with van der Waals surface area (Å²) in [5.41, 5.74) is 7.47. The second-order valence-corrected chi connectivity index (χ2v) is 44.8. The van der Waals surface area contributed by atoms with Gasteiger partial charge in [0.2, 0.25) is 0 Å². The van der Waals surface area contributed by atoms with Crippen molar-refractivity contribution in [3.8, 4) is 0 Å². The number of piperidine rings is 3. The third-order valence-corrected chi connectivity index (χ3v) is 37.6. The van der Waals surface area contributed by atoms with Gasteiger partial charge in [-0.05, 0) is 283 Å². The fourth-order valence-electron chi connectivity index (χ4n) is 30.0. The molecule has 5 unspecified atom stereocenters. The van der Waals surface area contributed by atoms with Gasteiger partial charge in [-0.15, -0.1) is 0 Å². The van der Waals surface area contributed by atoms with Gasteiger partial charge in [-0.25, -0.2) is 26.3 Å². The number of likely N-dealkylation sites (N-methyl/N-ethyl adjacent to an activating group) is 1. The molecule has 2 spiro atoms. The number of rotatable bonds is 20. The van der Waals surface area contributed by atoms with Crippen LogP contribution in [0.1, 0.15) is 369 Å². The van der Waals surface area contributed by atoms with Gasteiger partial charge in [0.1, 0.15) is 16.6 Å². The predicted octanol–water partition coefficient (Wildman–Crippen LogP) is 31.2. The Morgan fingerprint density at radius 1 is 0.271 bits per heavy atom. The molecule has 144 heavy (non-hydrogen) atoms. The van der Waals surface area contributed by atoms with Crippen LogP contribution in [0.25, 0.3) is 0 Å². The number of likely N-dealkylation sites (tertiary alicyclic amines) is 3. The molecule has 0 bridgehead atoms. The number of benzene rings is 8. The molecular formula is C128H184F6N8O2. The normalized spacial score (nSPS) is 31.9. The first-order valence-corrected chi connectivity index (χ1v) is 57.7. The topological polar surface area (TPSA) is 79.5 Å². The average Bonchev–Trinajstić information content (AvgIpc) is 0.707. The van der Waals surface area contributed by atoms with E-state index in [1.807, 2.05) is 85.8 Å². The molecule has 8 saturated carbocycles. The van der Waals surface area contributed by atoms with E-state index in [2.05, 4.69) is 241 Å². The summed E-state index contributed by atoms with van der Waals surface area (Å²) >= 11 is 0. The van der Waals surface area contributed by atoms with Crippen LogP contribution < -0.4 is 21.3 Å². The van der Waals surface area contributed by atoms with Gasteiger partial charge in [0.05, 0.1) is 35.5 Å². The van der Waals surface area contributed by atoms with E-state index in [0.717, 1.165) is 101 Å². The van der Waals surface area contributed by atoms with Gasteiger partial charge in [-0.3, -0.25) is 19.6 Å².